The Kier molecular flexibility index (Phi) is 6.31. The number of hydrogen-bond acceptors (Lipinski definition) is 3. The van der Waals surface area contributed by atoms with Crippen molar-refractivity contribution in [2.24, 2.45) is 0 Å². The molecule has 2 aromatic rings. The molecule has 27 heavy (non-hydrogen) atoms. The Hall–Kier alpha value is -2.34. The highest BCUT2D eigenvalue weighted by Gasteiger charge is 2.16. The first-order chi connectivity index (χ1) is 12.5. The number of nitrogens with one attached hydrogen (secondary N) is 2. The van der Waals surface area contributed by atoms with Crippen molar-refractivity contribution < 1.29 is 13.2 Å². The molecule has 0 fully saturated rings. The third kappa shape index (κ3) is 5.82. The van der Waals surface area contributed by atoms with E-state index < -0.39 is 10.0 Å². The number of hydrogen-bond donors (Lipinski definition) is 2. The fourth-order valence-corrected chi connectivity index (χ4v) is 3.22. The van der Waals surface area contributed by atoms with Crippen LogP contribution in [0.1, 0.15) is 62.1 Å². The number of carbonyl (C=O) groups is 1. The second-order valence-corrected chi connectivity index (χ2v) is 9.66. The molecule has 1 amide bonds. The molecule has 0 heterocycles. The van der Waals surface area contributed by atoms with Gasteiger partial charge < -0.3 is 5.32 Å². The SMILES string of the molecule is CCS(=O)(=O)Nc1ccc(C(=O)N[C@@H](C)c2ccc(C(C)(C)C)cc2)cc1. The normalized spacial score (nSPS) is 13.1. The van der Waals surface area contributed by atoms with E-state index in [9.17, 15) is 13.2 Å². The smallest absolute Gasteiger partial charge is 0.251 e. The molecule has 0 radical (unpaired) electrons. The molecule has 0 aliphatic rings. The molecule has 2 aromatic carbocycles. The monoisotopic (exact) mass is 388 g/mol. The Bertz CT molecular complexity index is 881. The minimum atomic E-state index is -3.33. The first kappa shape index (κ1) is 21.0. The third-order valence-corrected chi connectivity index (χ3v) is 5.73. The van der Waals surface area contributed by atoms with Crippen LogP contribution in [-0.2, 0) is 15.4 Å². The zero-order chi connectivity index (χ0) is 20.2. The molecular weight excluding hydrogens is 360 g/mol. The van der Waals surface area contributed by atoms with Crippen molar-refractivity contribution >= 4 is 21.6 Å². The van der Waals surface area contributed by atoms with Crippen molar-refractivity contribution in [1.29, 1.82) is 0 Å². The largest absolute Gasteiger partial charge is 0.346 e. The molecule has 0 aliphatic heterocycles. The number of rotatable bonds is 6. The van der Waals surface area contributed by atoms with Gasteiger partial charge in [0.1, 0.15) is 0 Å². The number of benzene rings is 2. The molecule has 5 nitrogen and oxygen atoms in total. The number of amides is 1. The molecule has 0 aliphatic carbocycles. The van der Waals surface area contributed by atoms with Crippen LogP contribution < -0.4 is 10.0 Å². The summed E-state index contributed by atoms with van der Waals surface area (Å²) in [6, 6.07) is 14.5. The van der Waals surface area contributed by atoms with Crippen LogP contribution in [0.5, 0.6) is 0 Å². The summed E-state index contributed by atoms with van der Waals surface area (Å²) in [5.74, 6) is -0.201. The molecule has 1 atom stereocenters. The van der Waals surface area contributed by atoms with Crippen LogP contribution in [0.3, 0.4) is 0 Å². The second-order valence-electron chi connectivity index (χ2n) is 7.65. The van der Waals surface area contributed by atoms with Crippen LogP contribution >= 0.6 is 0 Å². The average molecular weight is 389 g/mol. The molecule has 2 rings (SSSR count). The first-order valence-electron chi connectivity index (χ1n) is 9.03. The van der Waals surface area contributed by atoms with Crippen LogP contribution in [0.4, 0.5) is 5.69 Å². The van der Waals surface area contributed by atoms with E-state index in [2.05, 4.69) is 42.9 Å². The Labute approximate surface area is 162 Å². The van der Waals surface area contributed by atoms with Crippen LogP contribution in [0, 0.1) is 0 Å². The van der Waals surface area contributed by atoms with E-state index >= 15 is 0 Å². The van der Waals surface area contributed by atoms with E-state index in [-0.39, 0.29) is 23.1 Å². The number of sulfonamides is 1. The zero-order valence-corrected chi connectivity index (χ0v) is 17.4. The minimum Gasteiger partial charge on any atom is -0.346 e. The summed E-state index contributed by atoms with van der Waals surface area (Å²) in [5, 5.41) is 2.97. The average Bonchev–Trinajstić information content (AvgIpc) is 2.61. The lowest BCUT2D eigenvalue weighted by molar-refractivity contribution is 0.0940. The van der Waals surface area contributed by atoms with Crippen molar-refractivity contribution in [3.63, 3.8) is 0 Å². The molecule has 2 N–H and O–H groups in total. The standard InChI is InChI=1S/C21H28N2O3S/c1-6-27(25,26)23-19-13-9-17(10-14-19)20(24)22-15(2)16-7-11-18(12-8-16)21(3,4)5/h7-15,23H,6H2,1-5H3,(H,22,24)/t15-/m0/s1. The highest BCUT2D eigenvalue weighted by atomic mass is 32.2. The summed E-state index contributed by atoms with van der Waals surface area (Å²) in [6.45, 7) is 10.00. The summed E-state index contributed by atoms with van der Waals surface area (Å²) in [4.78, 5) is 12.5. The summed E-state index contributed by atoms with van der Waals surface area (Å²) in [7, 11) is -3.33. The summed E-state index contributed by atoms with van der Waals surface area (Å²) >= 11 is 0. The van der Waals surface area contributed by atoms with Crippen molar-refractivity contribution in [3.8, 4) is 0 Å². The predicted octanol–water partition coefficient (Wildman–Crippen LogP) is 4.24. The Morgan fingerprint density at radius 3 is 2.04 bits per heavy atom. The van der Waals surface area contributed by atoms with Crippen molar-refractivity contribution in [2.45, 2.75) is 46.1 Å². The zero-order valence-electron chi connectivity index (χ0n) is 16.5. The van der Waals surface area contributed by atoms with Gasteiger partial charge in [0.15, 0.2) is 0 Å². The molecule has 0 bridgehead atoms. The van der Waals surface area contributed by atoms with E-state index in [1.165, 1.54) is 5.56 Å². The molecule has 6 heteroatoms. The summed E-state index contributed by atoms with van der Waals surface area (Å²) in [5.41, 5.74) is 3.29. The fraction of sp³-hybridized carbons (Fsp3) is 0.381. The Balaban J connectivity index is 2.04. The van der Waals surface area contributed by atoms with Crippen molar-refractivity contribution in [1.82, 2.24) is 5.32 Å². The van der Waals surface area contributed by atoms with Gasteiger partial charge in [-0.25, -0.2) is 8.42 Å². The molecule has 0 spiro atoms. The van der Waals surface area contributed by atoms with E-state index in [0.717, 1.165) is 5.56 Å². The lowest BCUT2D eigenvalue weighted by Gasteiger charge is -2.20. The van der Waals surface area contributed by atoms with Crippen molar-refractivity contribution in [2.75, 3.05) is 10.5 Å². The van der Waals surface area contributed by atoms with Crippen LogP contribution in [0.2, 0.25) is 0 Å². The molecule has 0 saturated heterocycles. The predicted molar refractivity (Wildman–Crippen MR) is 111 cm³/mol. The quantitative estimate of drug-likeness (QED) is 0.777. The van der Waals surface area contributed by atoms with Crippen molar-refractivity contribution in [3.05, 3.63) is 65.2 Å². The molecule has 146 valence electrons. The van der Waals surface area contributed by atoms with Gasteiger partial charge in [-0.05, 0) is 54.7 Å². The maximum atomic E-state index is 12.5. The lowest BCUT2D eigenvalue weighted by Crippen LogP contribution is -2.26. The molecule has 0 unspecified atom stereocenters. The van der Waals surface area contributed by atoms with Gasteiger partial charge in [0, 0.05) is 11.3 Å². The van der Waals surface area contributed by atoms with Gasteiger partial charge in [0.2, 0.25) is 10.0 Å². The van der Waals surface area contributed by atoms with Gasteiger partial charge in [-0.2, -0.15) is 0 Å². The second kappa shape index (κ2) is 8.13. The highest BCUT2D eigenvalue weighted by molar-refractivity contribution is 7.92. The Morgan fingerprint density at radius 2 is 1.56 bits per heavy atom. The van der Waals surface area contributed by atoms with Gasteiger partial charge in [-0.3, -0.25) is 9.52 Å². The number of anilines is 1. The fourth-order valence-electron chi connectivity index (χ4n) is 2.58. The van der Waals surface area contributed by atoms with Gasteiger partial charge in [0.25, 0.3) is 5.91 Å². The maximum Gasteiger partial charge on any atom is 0.251 e. The van der Waals surface area contributed by atoms with E-state index in [1.807, 2.05) is 19.1 Å². The lowest BCUT2D eigenvalue weighted by atomic mass is 9.86. The summed E-state index contributed by atoms with van der Waals surface area (Å²) < 4.78 is 25.6. The van der Waals surface area contributed by atoms with Crippen LogP contribution in [0.25, 0.3) is 0 Å². The van der Waals surface area contributed by atoms with E-state index in [4.69, 9.17) is 0 Å². The van der Waals surface area contributed by atoms with E-state index in [1.54, 1.807) is 31.2 Å². The maximum absolute atomic E-state index is 12.5. The highest BCUT2D eigenvalue weighted by Crippen LogP contribution is 2.24. The third-order valence-electron chi connectivity index (χ3n) is 4.42. The van der Waals surface area contributed by atoms with Gasteiger partial charge >= 0.3 is 0 Å². The molecule has 0 aromatic heterocycles. The van der Waals surface area contributed by atoms with E-state index in [0.29, 0.717) is 11.3 Å². The first-order valence-corrected chi connectivity index (χ1v) is 10.7. The van der Waals surface area contributed by atoms with Gasteiger partial charge in [0.05, 0.1) is 11.8 Å². The Morgan fingerprint density at radius 1 is 1.00 bits per heavy atom. The summed E-state index contributed by atoms with van der Waals surface area (Å²) in [6.07, 6.45) is 0. The van der Waals surface area contributed by atoms with Crippen LogP contribution in [-0.4, -0.2) is 20.1 Å². The van der Waals surface area contributed by atoms with Gasteiger partial charge in [-0.15, -0.1) is 0 Å². The molecular formula is C21H28N2O3S. The van der Waals surface area contributed by atoms with Crippen LogP contribution in [0.15, 0.2) is 48.5 Å². The molecule has 0 saturated carbocycles. The minimum absolute atomic E-state index is 0.000750. The van der Waals surface area contributed by atoms with Gasteiger partial charge in [-0.1, -0.05) is 45.0 Å². The number of carbonyl (C=O) groups excluding carboxylic acids is 1. The topological polar surface area (TPSA) is 75.3 Å².